The van der Waals surface area contributed by atoms with Crippen LogP contribution in [0.2, 0.25) is 0 Å². The first-order valence-corrected chi connectivity index (χ1v) is 10.5. The van der Waals surface area contributed by atoms with E-state index in [1.54, 1.807) is 7.11 Å². The van der Waals surface area contributed by atoms with Gasteiger partial charge in [-0.15, -0.1) is 0 Å². The summed E-state index contributed by atoms with van der Waals surface area (Å²) in [5.41, 5.74) is 2.41. The molecule has 0 bridgehead atoms. The molecule has 2 aromatic carbocycles. The molecule has 3 atom stereocenters. The summed E-state index contributed by atoms with van der Waals surface area (Å²) in [6.45, 7) is -0.134. The number of rotatable bonds is 7. The molecule has 2 aromatic rings. The third-order valence-electron chi connectivity index (χ3n) is 6.38. The number of hydrogen-bond acceptors (Lipinski definition) is 9. The predicted octanol–water partition coefficient (Wildman–Crippen LogP) is 2.54. The van der Waals surface area contributed by atoms with Crippen molar-refractivity contribution in [3.63, 3.8) is 0 Å². The Kier molecular flexibility index (Phi) is 6.42. The van der Waals surface area contributed by atoms with Crippen LogP contribution < -0.4 is 28.4 Å². The van der Waals surface area contributed by atoms with Crippen molar-refractivity contribution in [2.75, 3.05) is 48.9 Å². The fraction of sp³-hybridized carbons (Fsp3) is 0.458. The van der Waals surface area contributed by atoms with Gasteiger partial charge >= 0.3 is 5.97 Å². The molecular weight excluding hydrogens is 432 g/mol. The van der Waals surface area contributed by atoms with Crippen LogP contribution >= 0.6 is 0 Å². The van der Waals surface area contributed by atoms with Crippen molar-refractivity contribution in [2.45, 2.75) is 12.3 Å². The molecule has 0 saturated carbocycles. The van der Waals surface area contributed by atoms with Gasteiger partial charge in [-0.1, -0.05) is 0 Å². The second-order valence-electron chi connectivity index (χ2n) is 7.84. The van der Waals surface area contributed by atoms with Crippen LogP contribution in [0.1, 0.15) is 22.6 Å². The van der Waals surface area contributed by atoms with Gasteiger partial charge in [-0.2, -0.15) is 0 Å². The van der Waals surface area contributed by atoms with Crippen LogP contribution in [0.4, 0.5) is 0 Å². The van der Waals surface area contributed by atoms with E-state index in [1.807, 2.05) is 18.2 Å². The summed E-state index contributed by atoms with van der Waals surface area (Å²) in [5, 5.41) is 10.3. The quantitative estimate of drug-likeness (QED) is 0.625. The van der Waals surface area contributed by atoms with Gasteiger partial charge in [-0.3, -0.25) is 4.79 Å². The first-order valence-electron chi connectivity index (χ1n) is 10.5. The van der Waals surface area contributed by atoms with E-state index in [2.05, 4.69) is 0 Å². The predicted molar refractivity (Wildman–Crippen MR) is 117 cm³/mol. The molecule has 1 N–H and O–H groups in total. The van der Waals surface area contributed by atoms with Gasteiger partial charge < -0.3 is 38.3 Å². The highest BCUT2D eigenvalue weighted by Gasteiger charge is 2.45. The SMILES string of the molecule is COC(=O)[C@@H]1[C@H](CO)Cc2c(cc3c(c2OC)OCO3)[C@H]1c1cc(OC)c(OC)c(OC)c1. The lowest BCUT2D eigenvalue weighted by atomic mass is 9.66. The zero-order chi connectivity index (χ0) is 23.7. The van der Waals surface area contributed by atoms with E-state index >= 15 is 0 Å². The number of carbonyl (C=O) groups excluding carboxylic acids is 1. The number of esters is 1. The van der Waals surface area contributed by atoms with E-state index in [0.29, 0.717) is 40.9 Å². The number of aliphatic hydroxyl groups excluding tert-OH is 1. The molecule has 0 radical (unpaired) electrons. The van der Waals surface area contributed by atoms with Crippen molar-refractivity contribution in [3.05, 3.63) is 34.9 Å². The fourth-order valence-electron chi connectivity index (χ4n) is 4.94. The number of aliphatic hydroxyl groups is 1. The third kappa shape index (κ3) is 3.66. The zero-order valence-corrected chi connectivity index (χ0v) is 19.3. The van der Waals surface area contributed by atoms with E-state index < -0.39 is 23.7 Å². The number of fused-ring (bicyclic) bond motifs is 2. The Bertz CT molecular complexity index is 1020. The maximum atomic E-state index is 13.0. The lowest BCUT2D eigenvalue weighted by Crippen LogP contribution is -2.38. The van der Waals surface area contributed by atoms with E-state index in [-0.39, 0.29) is 13.4 Å². The molecule has 2 aliphatic rings. The maximum absolute atomic E-state index is 13.0. The number of hydrogen-bond donors (Lipinski definition) is 1. The van der Waals surface area contributed by atoms with Gasteiger partial charge in [0, 0.05) is 24.0 Å². The van der Waals surface area contributed by atoms with Crippen LogP contribution in [0.25, 0.3) is 0 Å². The molecule has 1 aliphatic heterocycles. The van der Waals surface area contributed by atoms with Crippen LogP contribution in [-0.4, -0.2) is 60.0 Å². The van der Waals surface area contributed by atoms with Crippen molar-refractivity contribution in [1.29, 1.82) is 0 Å². The van der Waals surface area contributed by atoms with Crippen molar-refractivity contribution >= 4 is 5.97 Å². The van der Waals surface area contributed by atoms with E-state index in [0.717, 1.165) is 16.7 Å². The Morgan fingerprint density at radius 2 is 1.64 bits per heavy atom. The fourth-order valence-corrected chi connectivity index (χ4v) is 4.94. The molecule has 1 heterocycles. The summed E-state index contributed by atoms with van der Waals surface area (Å²) in [6.07, 6.45) is 0.409. The molecule has 4 rings (SSSR count). The molecule has 9 nitrogen and oxygen atoms in total. The molecule has 9 heteroatoms. The highest BCUT2D eigenvalue weighted by Crippen LogP contribution is 2.55. The Balaban J connectivity index is 2.01. The Morgan fingerprint density at radius 3 is 2.18 bits per heavy atom. The number of methoxy groups -OCH3 is 5. The smallest absolute Gasteiger partial charge is 0.310 e. The summed E-state index contributed by atoms with van der Waals surface area (Å²) in [5.74, 6) is 0.943. The first kappa shape index (κ1) is 22.8. The average molecular weight is 460 g/mol. The molecular formula is C24H28O9. The van der Waals surface area contributed by atoms with Gasteiger partial charge in [0.1, 0.15) is 0 Å². The molecule has 0 saturated heterocycles. The molecule has 0 spiro atoms. The molecule has 0 fully saturated rings. The van der Waals surface area contributed by atoms with Crippen molar-refractivity contribution in [2.24, 2.45) is 11.8 Å². The van der Waals surface area contributed by atoms with Crippen LogP contribution in [0.3, 0.4) is 0 Å². The number of benzene rings is 2. The van der Waals surface area contributed by atoms with Crippen molar-refractivity contribution in [3.8, 4) is 34.5 Å². The molecule has 0 amide bonds. The first-order chi connectivity index (χ1) is 16.0. The number of ether oxygens (including phenoxy) is 7. The van der Waals surface area contributed by atoms with E-state index in [1.165, 1.54) is 28.4 Å². The lowest BCUT2D eigenvalue weighted by Gasteiger charge is -2.38. The minimum atomic E-state index is -0.666. The average Bonchev–Trinajstić information content (AvgIpc) is 3.32. The van der Waals surface area contributed by atoms with Crippen LogP contribution in [0, 0.1) is 11.8 Å². The van der Waals surface area contributed by atoms with Gasteiger partial charge in [0.2, 0.25) is 18.3 Å². The minimum absolute atomic E-state index is 0.0767. The summed E-state index contributed by atoms with van der Waals surface area (Å²) < 4.78 is 38.7. The molecule has 33 heavy (non-hydrogen) atoms. The Labute approximate surface area is 192 Å². The second kappa shape index (κ2) is 9.27. The Morgan fingerprint density at radius 1 is 0.970 bits per heavy atom. The highest BCUT2D eigenvalue weighted by molar-refractivity contribution is 5.77. The highest BCUT2D eigenvalue weighted by atomic mass is 16.7. The van der Waals surface area contributed by atoms with Gasteiger partial charge in [0.05, 0.1) is 41.5 Å². The van der Waals surface area contributed by atoms with E-state index in [9.17, 15) is 9.90 Å². The van der Waals surface area contributed by atoms with Gasteiger partial charge in [-0.05, 0) is 35.7 Å². The normalized spacial score (nSPS) is 20.6. The summed E-state index contributed by atoms with van der Waals surface area (Å²) in [6, 6.07) is 5.49. The van der Waals surface area contributed by atoms with Gasteiger partial charge in [0.25, 0.3) is 0 Å². The molecule has 1 aliphatic carbocycles. The van der Waals surface area contributed by atoms with E-state index in [4.69, 9.17) is 33.2 Å². The Hall–Kier alpha value is -3.33. The lowest BCUT2D eigenvalue weighted by molar-refractivity contribution is -0.149. The molecule has 0 aromatic heterocycles. The third-order valence-corrected chi connectivity index (χ3v) is 6.38. The minimum Gasteiger partial charge on any atom is -0.493 e. The van der Waals surface area contributed by atoms with Crippen LogP contribution in [0.5, 0.6) is 34.5 Å². The van der Waals surface area contributed by atoms with Gasteiger partial charge in [-0.25, -0.2) is 0 Å². The zero-order valence-electron chi connectivity index (χ0n) is 19.3. The van der Waals surface area contributed by atoms with Crippen molar-refractivity contribution < 1.29 is 43.1 Å². The van der Waals surface area contributed by atoms with Crippen LogP contribution in [-0.2, 0) is 16.0 Å². The standard InChI is InChI=1S/C24H28O9/c1-27-16-7-12(8-17(28-2)22(16)30-4)19-14-9-18-23(33-11-32-18)21(29-3)15(14)6-13(10-25)20(19)24(26)31-5/h7-9,13,19-20,25H,6,10-11H2,1-5H3/t13-,19+,20+/m0/s1. The van der Waals surface area contributed by atoms with Crippen molar-refractivity contribution in [1.82, 2.24) is 0 Å². The number of carbonyl (C=O) groups is 1. The monoisotopic (exact) mass is 460 g/mol. The maximum Gasteiger partial charge on any atom is 0.310 e. The summed E-state index contributed by atoms with van der Waals surface area (Å²) in [7, 11) is 7.50. The topological polar surface area (TPSA) is 102 Å². The largest absolute Gasteiger partial charge is 0.493 e. The van der Waals surface area contributed by atoms with Crippen LogP contribution in [0.15, 0.2) is 18.2 Å². The molecule has 0 unspecified atom stereocenters. The summed E-state index contributed by atoms with van der Waals surface area (Å²) in [4.78, 5) is 13.0. The second-order valence-corrected chi connectivity index (χ2v) is 7.84. The summed E-state index contributed by atoms with van der Waals surface area (Å²) >= 11 is 0. The van der Waals surface area contributed by atoms with Gasteiger partial charge in [0.15, 0.2) is 23.0 Å². The molecule has 178 valence electrons.